The average molecular weight is 240 g/mol. The zero-order valence-corrected chi connectivity index (χ0v) is 9.25. The minimum atomic E-state index is -0.853. The van der Waals surface area contributed by atoms with Crippen LogP contribution in [0.1, 0.15) is 29.6 Å². The third kappa shape index (κ3) is 2.44. The Morgan fingerprint density at radius 3 is 2.47 bits per heavy atom. The molecular weight excluding hydrogens is 226 g/mol. The Morgan fingerprint density at radius 2 is 1.94 bits per heavy atom. The van der Waals surface area contributed by atoms with Gasteiger partial charge in [-0.1, -0.05) is 6.07 Å². The summed E-state index contributed by atoms with van der Waals surface area (Å²) in [5.74, 6) is -2.44. The molecule has 92 valence electrons. The molecule has 1 fully saturated rings. The third-order valence-corrected chi connectivity index (χ3v) is 3.08. The van der Waals surface area contributed by atoms with Crippen LogP contribution in [0.4, 0.5) is 8.78 Å². The van der Waals surface area contributed by atoms with Crippen LogP contribution in [-0.2, 0) is 0 Å². The lowest BCUT2D eigenvalue weighted by atomic mass is 10.1. The lowest BCUT2D eigenvalue weighted by molar-refractivity contribution is 0.0926. The molecule has 2 rings (SSSR count). The molecule has 0 bridgehead atoms. The predicted octanol–water partition coefficient (Wildman–Crippen LogP) is 1.57. The van der Waals surface area contributed by atoms with Crippen LogP contribution >= 0.6 is 0 Å². The Hall–Kier alpha value is -1.49. The van der Waals surface area contributed by atoms with E-state index in [9.17, 15) is 13.6 Å². The van der Waals surface area contributed by atoms with E-state index in [4.69, 9.17) is 5.73 Å². The summed E-state index contributed by atoms with van der Waals surface area (Å²) in [4.78, 5) is 11.7. The van der Waals surface area contributed by atoms with Gasteiger partial charge < -0.3 is 11.1 Å². The molecule has 1 aliphatic rings. The first-order chi connectivity index (χ1) is 8.09. The quantitative estimate of drug-likeness (QED) is 0.824. The van der Waals surface area contributed by atoms with Crippen molar-refractivity contribution in [1.29, 1.82) is 0 Å². The van der Waals surface area contributed by atoms with E-state index in [0.717, 1.165) is 31.4 Å². The molecule has 0 heterocycles. The van der Waals surface area contributed by atoms with Gasteiger partial charge in [0.25, 0.3) is 5.91 Å². The minimum absolute atomic E-state index is 0.131. The molecule has 1 aromatic rings. The summed E-state index contributed by atoms with van der Waals surface area (Å²) in [5, 5.41) is 2.58. The van der Waals surface area contributed by atoms with E-state index in [1.807, 2.05) is 0 Å². The summed E-state index contributed by atoms with van der Waals surface area (Å²) in [6, 6.07) is 3.03. The smallest absolute Gasteiger partial charge is 0.257 e. The number of carbonyl (C=O) groups is 1. The fourth-order valence-corrected chi connectivity index (χ4v) is 2.12. The zero-order chi connectivity index (χ0) is 12.4. The number of benzene rings is 1. The molecule has 0 aromatic heterocycles. The van der Waals surface area contributed by atoms with Crippen LogP contribution in [0.25, 0.3) is 0 Å². The van der Waals surface area contributed by atoms with Gasteiger partial charge in [0, 0.05) is 12.1 Å². The van der Waals surface area contributed by atoms with Gasteiger partial charge in [-0.25, -0.2) is 8.78 Å². The maximum atomic E-state index is 13.3. The minimum Gasteiger partial charge on any atom is -0.348 e. The maximum absolute atomic E-state index is 13.3. The highest BCUT2D eigenvalue weighted by molar-refractivity contribution is 5.95. The van der Waals surface area contributed by atoms with E-state index in [0.29, 0.717) is 0 Å². The van der Waals surface area contributed by atoms with Crippen LogP contribution in [0.2, 0.25) is 0 Å². The van der Waals surface area contributed by atoms with Crippen molar-refractivity contribution in [3.8, 4) is 0 Å². The number of nitrogens with two attached hydrogens (primary N) is 1. The van der Waals surface area contributed by atoms with Gasteiger partial charge in [0.15, 0.2) is 0 Å². The highest BCUT2D eigenvalue weighted by atomic mass is 19.1. The van der Waals surface area contributed by atoms with Crippen LogP contribution in [0.15, 0.2) is 18.2 Å². The number of amides is 1. The Bertz CT molecular complexity index is 416. The summed E-state index contributed by atoms with van der Waals surface area (Å²) in [6.45, 7) is 0. The van der Waals surface area contributed by atoms with Gasteiger partial charge in [0.05, 0.1) is 0 Å². The second-order valence-corrected chi connectivity index (χ2v) is 4.27. The topological polar surface area (TPSA) is 55.1 Å². The molecule has 17 heavy (non-hydrogen) atoms. The second-order valence-electron chi connectivity index (χ2n) is 4.27. The summed E-state index contributed by atoms with van der Waals surface area (Å²) in [5.41, 5.74) is 5.24. The van der Waals surface area contributed by atoms with E-state index in [-0.39, 0.29) is 12.1 Å². The molecule has 1 amide bonds. The van der Waals surface area contributed by atoms with Crippen molar-refractivity contribution >= 4 is 5.91 Å². The van der Waals surface area contributed by atoms with Crippen molar-refractivity contribution in [3.05, 3.63) is 35.4 Å². The fourth-order valence-electron chi connectivity index (χ4n) is 2.12. The van der Waals surface area contributed by atoms with Crippen molar-refractivity contribution < 1.29 is 13.6 Å². The summed E-state index contributed by atoms with van der Waals surface area (Å²) < 4.78 is 26.7. The van der Waals surface area contributed by atoms with Crippen LogP contribution in [0.5, 0.6) is 0 Å². The molecule has 1 saturated carbocycles. The molecule has 2 atom stereocenters. The van der Waals surface area contributed by atoms with E-state index < -0.39 is 23.1 Å². The van der Waals surface area contributed by atoms with Gasteiger partial charge in [-0.3, -0.25) is 4.79 Å². The van der Waals surface area contributed by atoms with E-state index in [1.165, 1.54) is 6.07 Å². The molecule has 3 nitrogen and oxygen atoms in total. The zero-order valence-electron chi connectivity index (χ0n) is 9.25. The SMILES string of the molecule is NC1CCCC1NC(=O)c1c(F)cccc1F. The Balaban J connectivity index is 2.14. The van der Waals surface area contributed by atoms with E-state index >= 15 is 0 Å². The first-order valence-electron chi connectivity index (χ1n) is 5.60. The molecule has 1 aliphatic carbocycles. The molecule has 0 spiro atoms. The molecule has 1 aromatic carbocycles. The van der Waals surface area contributed by atoms with Gasteiger partial charge in [-0.05, 0) is 31.4 Å². The van der Waals surface area contributed by atoms with Gasteiger partial charge in [-0.2, -0.15) is 0 Å². The Morgan fingerprint density at radius 1 is 1.29 bits per heavy atom. The maximum Gasteiger partial charge on any atom is 0.257 e. The average Bonchev–Trinajstić information content (AvgIpc) is 2.64. The largest absolute Gasteiger partial charge is 0.348 e. The molecule has 3 N–H and O–H groups in total. The lowest BCUT2D eigenvalue weighted by Crippen LogP contribution is -2.44. The van der Waals surface area contributed by atoms with Gasteiger partial charge in [0.2, 0.25) is 0 Å². The van der Waals surface area contributed by atoms with Crippen LogP contribution in [0.3, 0.4) is 0 Å². The van der Waals surface area contributed by atoms with E-state index in [2.05, 4.69) is 5.32 Å². The van der Waals surface area contributed by atoms with Crippen LogP contribution < -0.4 is 11.1 Å². The second kappa shape index (κ2) is 4.79. The number of nitrogens with one attached hydrogen (secondary N) is 1. The fraction of sp³-hybridized carbons (Fsp3) is 0.417. The predicted molar refractivity (Wildman–Crippen MR) is 59.4 cm³/mol. The Labute approximate surface area is 98.0 Å². The van der Waals surface area contributed by atoms with Crippen LogP contribution in [0, 0.1) is 11.6 Å². The summed E-state index contributed by atoms with van der Waals surface area (Å²) in [6.07, 6.45) is 2.50. The Kier molecular flexibility index (Phi) is 3.38. The number of hydrogen-bond donors (Lipinski definition) is 2. The highest BCUT2D eigenvalue weighted by Gasteiger charge is 2.27. The first kappa shape index (κ1) is 12.0. The summed E-state index contributed by atoms with van der Waals surface area (Å²) in [7, 11) is 0. The number of hydrogen-bond acceptors (Lipinski definition) is 2. The normalized spacial score (nSPS) is 23.7. The van der Waals surface area contributed by atoms with Gasteiger partial charge in [0.1, 0.15) is 17.2 Å². The summed E-state index contributed by atoms with van der Waals surface area (Å²) >= 11 is 0. The molecule has 0 saturated heterocycles. The molecule has 2 unspecified atom stereocenters. The first-order valence-corrected chi connectivity index (χ1v) is 5.60. The van der Waals surface area contributed by atoms with Gasteiger partial charge >= 0.3 is 0 Å². The number of rotatable bonds is 2. The molecule has 5 heteroatoms. The number of carbonyl (C=O) groups excluding carboxylic acids is 1. The number of halogens is 2. The van der Waals surface area contributed by atoms with Crippen molar-refractivity contribution in [2.24, 2.45) is 5.73 Å². The molecule has 0 radical (unpaired) electrons. The molecule has 0 aliphatic heterocycles. The van der Waals surface area contributed by atoms with Crippen molar-refractivity contribution in [2.45, 2.75) is 31.3 Å². The van der Waals surface area contributed by atoms with Crippen molar-refractivity contribution in [1.82, 2.24) is 5.32 Å². The van der Waals surface area contributed by atoms with Crippen molar-refractivity contribution in [3.63, 3.8) is 0 Å². The third-order valence-electron chi connectivity index (χ3n) is 3.08. The standard InChI is InChI=1S/C12H14F2N2O/c13-7-3-1-4-8(14)11(7)12(17)16-10-6-2-5-9(10)15/h1,3-4,9-10H,2,5-6,15H2,(H,16,17). The highest BCUT2D eigenvalue weighted by Crippen LogP contribution is 2.18. The monoisotopic (exact) mass is 240 g/mol. The van der Waals surface area contributed by atoms with Gasteiger partial charge in [-0.15, -0.1) is 0 Å². The van der Waals surface area contributed by atoms with Crippen LogP contribution in [-0.4, -0.2) is 18.0 Å². The van der Waals surface area contributed by atoms with E-state index in [1.54, 1.807) is 0 Å². The molecular formula is C12H14F2N2O. The van der Waals surface area contributed by atoms with Crippen molar-refractivity contribution in [2.75, 3.05) is 0 Å². The lowest BCUT2D eigenvalue weighted by Gasteiger charge is -2.17.